The van der Waals surface area contributed by atoms with Crippen LogP contribution < -0.4 is 0 Å². The fourth-order valence-corrected chi connectivity index (χ4v) is 4.95. The van der Waals surface area contributed by atoms with E-state index in [1.165, 1.54) is 35.5 Å². The Hall–Kier alpha value is -2.62. The van der Waals surface area contributed by atoms with E-state index < -0.39 is 0 Å². The summed E-state index contributed by atoms with van der Waals surface area (Å²) >= 11 is 0. The Balaban J connectivity index is 1.99. The Morgan fingerprint density at radius 3 is 1.45 bits per heavy atom. The van der Waals surface area contributed by atoms with Crippen LogP contribution in [0.5, 0.6) is 0 Å². The number of aryl methyl sites for hydroxylation is 2. The van der Waals surface area contributed by atoms with Crippen molar-refractivity contribution in [2.75, 3.05) is 0 Å². The summed E-state index contributed by atoms with van der Waals surface area (Å²) < 4.78 is 4.96. The average molecular weight is 417 g/mol. The molecule has 0 N–H and O–H groups in total. The van der Waals surface area contributed by atoms with E-state index in [4.69, 9.17) is 9.97 Å². The summed E-state index contributed by atoms with van der Waals surface area (Å²) in [5, 5.41) is 0. The lowest BCUT2D eigenvalue weighted by molar-refractivity contribution is 0.384. The fourth-order valence-electron chi connectivity index (χ4n) is 4.95. The molecule has 0 aliphatic heterocycles. The second-order valence-electron chi connectivity index (χ2n) is 8.65. The van der Waals surface area contributed by atoms with Crippen LogP contribution in [0.15, 0.2) is 48.5 Å². The molecule has 0 spiro atoms. The molecule has 0 saturated heterocycles. The Labute approximate surface area is 186 Å². The summed E-state index contributed by atoms with van der Waals surface area (Å²) in [6.45, 7) is 11.1. The van der Waals surface area contributed by atoms with Gasteiger partial charge in [-0.05, 0) is 49.9 Å². The molecular formula is C27H36N4. The van der Waals surface area contributed by atoms with Gasteiger partial charge >= 0.3 is 0 Å². The van der Waals surface area contributed by atoms with Gasteiger partial charge in [-0.1, -0.05) is 64.8 Å². The van der Waals surface area contributed by atoms with Crippen molar-refractivity contribution >= 4 is 22.1 Å². The summed E-state index contributed by atoms with van der Waals surface area (Å²) in [6.07, 6.45) is 6.62. The summed E-state index contributed by atoms with van der Waals surface area (Å²) in [7, 11) is 0. The molecule has 0 saturated carbocycles. The van der Waals surface area contributed by atoms with Gasteiger partial charge in [-0.2, -0.15) is 0 Å². The zero-order valence-corrected chi connectivity index (χ0v) is 19.6. The minimum Gasteiger partial charge on any atom is -0.327 e. The lowest BCUT2D eigenvalue weighted by Crippen LogP contribution is -2.34. The zero-order chi connectivity index (χ0) is 21.8. The summed E-state index contributed by atoms with van der Waals surface area (Å²) in [4.78, 5) is 10.5. The van der Waals surface area contributed by atoms with Gasteiger partial charge in [0.05, 0.1) is 27.5 Å². The van der Waals surface area contributed by atoms with Crippen molar-refractivity contribution < 1.29 is 0 Å². The van der Waals surface area contributed by atoms with E-state index in [0.717, 1.165) is 49.8 Å². The standard InChI is InChI=1S/C27H36N4/c1-5-9-19-30-23-17-13-11-15-21(23)28-25(30)27(7-3,8-4)26-29-22-16-12-14-18-24(22)31(26)20-10-6-2/h11-18H,5-10,19-20H2,1-4H3. The Morgan fingerprint density at radius 1 is 0.645 bits per heavy atom. The van der Waals surface area contributed by atoms with Gasteiger partial charge in [0.1, 0.15) is 11.6 Å². The van der Waals surface area contributed by atoms with E-state index >= 15 is 0 Å². The lowest BCUT2D eigenvalue weighted by Gasteiger charge is -2.32. The second kappa shape index (κ2) is 9.25. The van der Waals surface area contributed by atoms with E-state index in [1.807, 2.05) is 0 Å². The molecule has 31 heavy (non-hydrogen) atoms. The van der Waals surface area contributed by atoms with Crippen LogP contribution in [0.4, 0.5) is 0 Å². The summed E-state index contributed by atoms with van der Waals surface area (Å²) in [5.74, 6) is 2.36. The SMILES string of the molecule is CCCCn1c(C(CC)(CC)c2nc3ccccc3n2CCCC)nc2ccccc21. The third-order valence-electron chi connectivity index (χ3n) is 6.84. The molecule has 0 radical (unpaired) electrons. The molecule has 0 aliphatic rings. The highest BCUT2D eigenvalue weighted by molar-refractivity contribution is 5.78. The first kappa shape index (κ1) is 21.6. The second-order valence-corrected chi connectivity index (χ2v) is 8.65. The van der Waals surface area contributed by atoms with Gasteiger partial charge < -0.3 is 9.13 Å². The molecule has 0 fully saturated rings. The highest BCUT2D eigenvalue weighted by Gasteiger charge is 2.40. The molecule has 4 heteroatoms. The van der Waals surface area contributed by atoms with Gasteiger partial charge in [-0.3, -0.25) is 0 Å². The molecule has 4 nitrogen and oxygen atoms in total. The van der Waals surface area contributed by atoms with Crippen molar-refractivity contribution in [3.05, 3.63) is 60.2 Å². The van der Waals surface area contributed by atoms with Crippen LogP contribution in [-0.2, 0) is 18.5 Å². The number of benzene rings is 2. The molecule has 0 amide bonds. The van der Waals surface area contributed by atoms with Crippen molar-refractivity contribution in [1.29, 1.82) is 0 Å². The molecule has 0 unspecified atom stereocenters. The molecule has 2 heterocycles. The minimum atomic E-state index is -0.209. The minimum absolute atomic E-state index is 0.209. The number of rotatable bonds is 10. The Kier molecular flexibility index (Phi) is 6.45. The molecule has 4 aromatic rings. The van der Waals surface area contributed by atoms with Crippen molar-refractivity contribution in [2.45, 2.75) is 84.7 Å². The van der Waals surface area contributed by atoms with E-state index in [-0.39, 0.29) is 5.41 Å². The number of imidazole rings is 2. The lowest BCUT2D eigenvalue weighted by atomic mass is 9.80. The van der Waals surface area contributed by atoms with Gasteiger partial charge in [-0.25, -0.2) is 9.97 Å². The smallest absolute Gasteiger partial charge is 0.123 e. The van der Waals surface area contributed by atoms with Gasteiger partial charge in [-0.15, -0.1) is 0 Å². The summed E-state index contributed by atoms with van der Waals surface area (Å²) in [5.41, 5.74) is 4.47. The van der Waals surface area contributed by atoms with Crippen LogP contribution in [-0.4, -0.2) is 19.1 Å². The first-order valence-electron chi connectivity index (χ1n) is 12.1. The quantitative estimate of drug-likeness (QED) is 0.276. The molecule has 164 valence electrons. The maximum Gasteiger partial charge on any atom is 0.123 e. The summed E-state index contributed by atoms with van der Waals surface area (Å²) in [6, 6.07) is 17.2. The van der Waals surface area contributed by atoms with Crippen molar-refractivity contribution in [3.63, 3.8) is 0 Å². The third kappa shape index (κ3) is 3.66. The van der Waals surface area contributed by atoms with Gasteiger partial charge in [0.2, 0.25) is 0 Å². The average Bonchev–Trinajstić information content (AvgIpc) is 3.37. The molecule has 0 atom stereocenters. The molecule has 0 bridgehead atoms. The van der Waals surface area contributed by atoms with Crippen LogP contribution in [0.25, 0.3) is 22.1 Å². The zero-order valence-electron chi connectivity index (χ0n) is 19.6. The largest absolute Gasteiger partial charge is 0.327 e. The van der Waals surface area contributed by atoms with E-state index in [9.17, 15) is 0 Å². The maximum atomic E-state index is 5.26. The van der Waals surface area contributed by atoms with Crippen molar-refractivity contribution in [2.24, 2.45) is 0 Å². The number of para-hydroxylation sites is 4. The van der Waals surface area contributed by atoms with Crippen molar-refractivity contribution in [1.82, 2.24) is 19.1 Å². The first-order valence-corrected chi connectivity index (χ1v) is 12.1. The Morgan fingerprint density at radius 2 is 1.06 bits per heavy atom. The van der Waals surface area contributed by atoms with E-state index in [0.29, 0.717) is 0 Å². The predicted molar refractivity (Wildman–Crippen MR) is 131 cm³/mol. The fraction of sp³-hybridized carbons (Fsp3) is 0.481. The van der Waals surface area contributed by atoms with Crippen LogP contribution in [0.2, 0.25) is 0 Å². The van der Waals surface area contributed by atoms with Crippen molar-refractivity contribution in [3.8, 4) is 0 Å². The molecular weight excluding hydrogens is 380 g/mol. The van der Waals surface area contributed by atoms with E-state index in [2.05, 4.69) is 85.4 Å². The molecule has 0 aliphatic carbocycles. The normalized spacial score (nSPS) is 12.3. The molecule has 2 aromatic heterocycles. The number of nitrogens with zero attached hydrogens (tertiary/aromatic N) is 4. The number of aromatic nitrogens is 4. The third-order valence-corrected chi connectivity index (χ3v) is 6.84. The van der Waals surface area contributed by atoms with Crippen LogP contribution in [0.1, 0.15) is 77.9 Å². The Bertz CT molecular complexity index is 1060. The number of hydrogen-bond acceptors (Lipinski definition) is 2. The van der Waals surface area contributed by atoms with Crippen LogP contribution in [0, 0.1) is 0 Å². The highest BCUT2D eigenvalue weighted by atomic mass is 15.1. The number of hydrogen-bond donors (Lipinski definition) is 0. The molecule has 4 rings (SSSR count). The number of unbranched alkanes of at least 4 members (excludes halogenated alkanes) is 2. The highest BCUT2D eigenvalue weighted by Crippen LogP contribution is 2.40. The van der Waals surface area contributed by atoms with Gasteiger partial charge in [0, 0.05) is 13.1 Å². The monoisotopic (exact) mass is 416 g/mol. The maximum absolute atomic E-state index is 5.26. The van der Waals surface area contributed by atoms with Gasteiger partial charge in [0.25, 0.3) is 0 Å². The van der Waals surface area contributed by atoms with E-state index in [1.54, 1.807) is 0 Å². The predicted octanol–water partition coefficient (Wildman–Crippen LogP) is 7.09. The first-order chi connectivity index (χ1) is 15.2. The van der Waals surface area contributed by atoms with Gasteiger partial charge in [0.15, 0.2) is 0 Å². The van der Waals surface area contributed by atoms with Crippen LogP contribution >= 0.6 is 0 Å². The topological polar surface area (TPSA) is 35.6 Å². The molecule has 2 aromatic carbocycles. The van der Waals surface area contributed by atoms with Crippen LogP contribution in [0.3, 0.4) is 0 Å². The number of fused-ring (bicyclic) bond motifs is 2.